The molecule has 2 rings (SSSR count). The fourth-order valence-corrected chi connectivity index (χ4v) is 2.24. The first-order valence-electron chi connectivity index (χ1n) is 6.44. The first-order chi connectivity index (χ1) is 9.49. The molecule has 5 heteroatoms. The summed E-state index contributed by atoms with van der Waals surface area (Å²) >= 11 is 6.23. The molecule has 0 radical (unpaired) electrons. The van der Waals surface area contributed by atoms with Crippen molar-refractivity contribution in [3.8, 4) is 0 Å². The second-order valence-corrected chi connectivity index (χ2v) is 5.26. The Kier molecular flexibility index (Phi) is 4.57. The first kappa shape index (κ1) is 14.8. The van der Waals surface area contributed by atoms with Crippen molar-refractivity contribution in [3.05, 3.63) is 35.0 Å². The second-order valence-electron chi connectivity index (χ2n) is 4.86. The van der Waals surface area contributed by atoms with E-state index in [0.717, 1.165) is 16.5 Å². The molecule has 20 heavy (non-hydrogen) atoms. The summed E-state index contributed by atoms with van der Waals surface area (Å²) in [6.07, 6.45) is 1.73. The highest BCUT2D eigenvalue weighted by atomic mass is 35.5. The van der Waals surface area contributed by atoms with Gasteiger partial charge in [0.05, 0.1) is 22.3 Å². The number of halogens is 1. The molecular formula is C15H17ClN2O2. The molecule has 1 aromatic heterocycles. The van der Waals surface area contributed by atoms with Gasteiger partial charge in [0.15, 0.2) is 0 Å². The monoisotopic (exact) mass is 292 g/mol. The molecule has 0 spiro atoms. The van der Waals surface area contributed by atoms with Crippen LogP contribution in [0.2, 0.25) is 5.02 Å². The van der Waals surface area contributed by atoms with Crippen LogP contribution in [0.1, 0.15) is 19.4 Å². The number of carbonyl (C=O) groups is 1. The van der Waals surface area contributed by atoms with Gasteiger partial charge in [0.2, 0.25) is 5.91 Å². The Balaban J connectivity index is 2.32. The lowest BCUT2D eigenvalue weighted by atomic mass is 10.1. The number of benzene rings is 1. The molecule has 1 amide bonds. The maximum atomic E-state index is 11.9. The summed E-state index contributed by atoms with van der Waals surface area (Å²) < 4.78 is 5.28. The summed E-state index contributed by atoms with van der Waals surface area (Å²) in [5.74, 6) is -0.227. The van der Waals surface area contributed by atoms with Gasteiger partial charge in [-0.05, 0) is 44.5 Å². The lowest BCUT2D eigenvalue weighted by Crippen LogP contribution is -2.21. The normalized spacial score (nSPS) is 11.1. The zero-order valence-electron chi connectivity index (χ0n) is 11.7. The van der Waals surface area contributed by atoms with Gasteiger partial charge in [-0.1, -0.05) is 11.6 Å². The Morgan fingerprint density at radius 1 is 1.50 bits per heavy atom. The van der Waals surface area contributed by atoms with E-state index in [9.17, 15) is 4.79 Å². The molecule has 2 aromatic rings. The number of aryl methyl sites for hydroxylation is 1. The maximum Gasteiger partial charge on any atom is 0.250 e. The SMILES string of the molecule is Cc1cc(Cl)c(NC(=O)COC(C)C)c2cccnc12. The van der Waals surface area contributed by atoms with E-state index in [1.54, 1.807) is 12.3 Å². The number of amides is 1. The van der Waals surface area contributed by atoms with Gasteiger partial charge in [0.25, 0.3) is 0 Å². The zero-order valence-corrected chi connectivity index (χ0v) is 12.5. The molecule has 0 fully saturated rings. The number of anilines is 1. The number of carbonyl (C=O) groups excluding carboxylic acids is 1. The number of fused-ring (bicyclic) bond motifs is 1. The number of hydrogen-bond acceptors (Lipinski definition) is 3. The minimum Gasteiger partial charge on any atom is -0.369 e. The highest BCUT2D eigenvalue weighted by Gasteiger charge is 2.13. The van der Waals surface area contributed by atoms with Crippen LogP contribution in [0.25, 0.3) is 10.9 Å². The summed E-state index contributed by atoms with van der Waals surface area (Å²) in [7, 11) is 0. The molecule has 4 nitrogen and oxygen atoms in total. The van der Waals surface area contributed by atoms with Crippen LogP contribution >= 0.6 is 11.6 Å². The summed E-state index contributed by atoms with van der Waals surface area (Å²) in [6.45, 7) is 5.70. The molecule has 106 valence electrons. The molecular weight excluding hydrogens is 276 g/mol. The van der Waals surface area contributed by atoms with Crippen LogP contribution in [0, 0.1) is 6.92 Å². The highest BCUT2D eigenvalue weighted by Crippen LogP contribution is 2.32. The minimum absolute atomic E-state index is 0.00360. The number of ether oxygens (including phenoxy) is 1. The Morgan fingerprint density at radius 2 is 2.25 bits per heavy atom. The smallest absolute Gasteiger partial charge is 0.250 e. The molecule has 0 atom stereocenters. The van der Waals surface area contributed by atoms with Gasteiger partial charge in [0.1, 0.15) is 6.61 Å². The van der Waals surface area contributed by atoms with Crippen LogP contribution < -0.4 is 5.32 Å². The summed E-state index contributed by atoms with van der Waals surface area (Å²) in [5.41, 5.74) is 2.39. The number of nitrogens with one attached hydrogen (secondary N) is 1. The summed E-state index contributed by atoms with van der Waals surface area (Å²) in [5, 5.41) is 4.13. The number of nitrogens with zero attached hydrogens (tertiary/aromatic N) is 1. The zero-order chi connectivity index (χ0) is 14.7. The van der Waals surface area contributed by atoms with Crippen molar-refractivity contribution in [2.75, 3.05) is 11.9 Å². The van der Waals surface area contributed by atoms with Gasteiger partial charge in [0, 0.05) is 11.6 Å². The predicted molar refractivity (Wildman–Crippen MR) is 81.2 cm³/mol. The molecule has 0 bridgehead atoms. The molecule has 0 saturated carbocycles. The molecule has 1 aromatic carbocycles. The molecule has 0 saturated heterocycles. The van der Waals surface area contributed by atoms with E-state index in [0.29, 0.717) is 10.7 Å². The van der Waals surface area contributed by atoms with Gasteiger partial charge in [-0.15, -0.1) is 0 Å². The Hall–Kier alpha value is -1.65. The molecule has 0 aliphatic carbocycles. The molecule has 1 heterocycles. The lowest BCUT2D eigenvalue weighted by Gasteiger charge is -2.13. The van der Waals surface area contributed by atoms with Crippen molar-refractivity contribution in [3.63, 3.8) is 0 Å². The van der Waals surface area contributed by atoms with E-state index in [4.69, 9.17) is 16.3 Å². The van der Waals surface area contributed by atoms with Crippen molar-refractivity contribution < 1.29 is 9.53 Å². The topological polar surface area (TPSA) is 51.2 Å². The summed E-state index contributed by atoms with van der Waals surface area (Å²) in [6, 6.07) is 5.51. The van der Waals surface area contributed by atoms with E-state index in [2.05, 4.69) is 10.3 Å². The maximum absolute atomic E-state index is 11.9. The van der Waals surface area contributed by atoms with E-state index in [1.807, 2.05) is 32.9 Å². The predicted octanol–water partition coefficient (Wildman–Crippen LogP) is 3.56. The van der Waals surface area contributed by atoms with Gasteiger partial charge in [-0.2, -0.15) is 0 Å². The van der Waals surface area contributed by atoms with Gasteiger partial charge >= 0.3 is 0 Å². The molecule has 0 aliphatic rings. The average molecular weight is 293 g/mol. The van der Waals surface area contributed by atoms with Crippen molar-refractivity contribution in [1.82, 2.24) is 4.98 Å². The largest absolute Gasteiger partial charge is 0.369 e. The van der Waals surface area contributed by atoms with Crippen LogP contribution in [0.3, 0.4) is 0 Å². The van der Waals surface area contributed by atoms with Crippen LogP contribution in [0.15, 0.2) is 24.4 Å². The van der Waals surface area contributed by atoms with Gasteiger partial charge in [-0.3, -0.25) is 9.78 Å². The summed E-state index contributed by atoms with van der Waals surface area (Å²) in [4.78, 5) is 16.2. The van der Waals surface area contributed by atoms with Gasteiger partial charge < -0.3 is 10.1 Å². The van der Waals surface area contributed by atoms with Crippen molar-refractivity contribution in [2.24, 2.45) is 0 Å². The van der Waals surface area contributed by atoms with Crippen LogP contribution in [0.4, 0.5) is 5.69 Å². The fraction of sp³-hybridized carbons (Fsp3) is 0.333. The number of aromatic nitrogens is 1. The molecule has 0 aliphatic heterocycles. The number of pyridine rings is 1. The van der Waals surface area contributed by atoms with E-state index >= 15 is 0 Å². The third-order valence-corrected chi connectivity index (χ3v) is 3.14. The van der Waals surface area contributed by atoms with Crippen molar-refractivity contribution >= 4 is 34.1 Å². The fourth-order valence-electron chi connectivity index (χ4n) is 1.93. The highest BCUT2D eigenvalue weighted by molar-refractivity contribution is 6.35. The second kappa shape index (κ2) is 6.20. The number of rotatable bonds is 4. The third-order valence-electron chi connectivity index (χ3n) is 2.84. The van der Waals surface area contributed by atoms with Gasteiger partial charge in [-0.25, -0.2) is 0 Å². The number of hydrogen-bond donors (Lipinski definition) is 1. The lowest BCUT2D eigenvalue weighted by molar-refractivity contribution is -0.121. The van der Waals surface area contributed by atoms with Crippen LogP contribution in [0.5, 0.6) is 0 Å². The van der Waals surface area contributed by atoms with E-state index < -0.39 is 0 Å². The van der Waals surface area contributed by atoms with Crippen LogP contribution in [-0.4, -0.2) is 23.6 Å². The Bertz CT molecular complexity index is 641. The van der Waals surface area contributed by atoms with Crippen LogP contribution in [-0.2, 0) is 9.53 Å². The Morgan fingerprint density at radius 3 is 2.95 bits per heavy atom. The Labute approximate surface area is 123 Å². The average Bonchev–Trinajstić information content (AvgIpc) is 2.41. The molecule has 0 unspecified atom stereocenters. The first-order valence-corrected chi connectivity index (χ1v) is 6.82. The van der Waals surface area contributed by atoms with Crippen molar-refractivity contribution in [2.45, 2.75) is 26.9 Å². The minimum atomic E-state index is -0.227. The van der Waals surface area contributed by atoms with Crippen molar-refractivity contribution in [1.29, 1.82) is 0 Å². The molecule has 1 N–H and O–H groups in total. The quantitative estimate of drug-likeness (QED) is 0.937. The van der Waals surface area contributed by atoms with E-state index in [1.165, 1.54) is 0 Å². The van der Waals surface area contributed by atoms with E-state index in [-0.39, 0.29) is 18.6 Å². The standard InChI is InChI=1S/C15H17ClN2O2/c1-9(2)20-8-13(19)18-15-11-5-4-6-17-14(11)10(3)7-12(15)16/h4-7,9H,8H2,1-3H3,(H,18,19). The third kappa shape index (κ3) is 3.26.